The molecular formula is C23H25F3N4O. The van der Waals surface area contributed by atoms with Gasteiger partial charge in [-0.15, -0.1) is 0 Å². The molecule has 1 saturated carbocycles. The van der Waals surface area contributed by atoms with Crippen LogP contribution in [0.3, 0.4) is 0 Å². The normalized spacial score (nSPS) is 20.1. The maximum Gasteiger partial charge on any atom is 0.433 e. The summed E-state index contributed by atoms with van der Waals surface area (Å²) in [5, 5.41) is 6.86. The van der Waals surface area contributed by atoms with E-state index in [1.54, 1.807) is 42.5 Å². The number of carbonyl (C=O) groups is 1. The summed E-state index contributed by atoms with van der Waals surface area (Å²) >= 11 is 0. The van der Waals surface area contributed by atoms with Gasteiger partial charge in [0.25, 0.3) is 5.91 Å². The quantitative estimate of drug-likeness (QED) is 0.374. The molecule has 3 rings (SSSR count). The summed E-state index contributed by atoms with van der Waals surface area (Å²) in [4.78, 5) is 20.0. The number of halogens is 3. The van der Waals surface area contributed by atoms with E-state index in [0.717, 1.165) is 25.3 Å². The number of fused-ring (bicyclic) bond motifs is 1. The van der Waals surface area contributed by atoms with Gasteiger partial charge in [0, 0.05) is 23.2 Å². The van der Waals surface area contributed by atoms with Gasteiger partial charge in [0.15, 0.2) is 0 Å². The molecule has 1 aliphatic rings. The molecule has 1 amide bonds. The second-order valence-corrected chi connectivity index (χ2v) is 7.48. The van der Waals surface area contributed by atoms with Crippen molar-refractivity contribution in [1.29, 1.82) is 0 Å². The molecule has 2 N–H and O–H groups in total. The van der Waals surface area contributed by atoms with Gasteiger partial charge in [-0.05, 0) is 57.5 Å². The van der Waals surface area contributed by atoms with Crippen molar-refractivity contribution in [3.05, 3.63) is 60.0 Å². The van der Waals surface area contributed by atoms with Gasteiger partial charge in [0.2, 0.25) is 0 Å². The first-order valence-corrected chi connectivity index (χ1v) is 10.2. The van der Waals surface area contributed by atoms with Crippen molar-refractivity contribution >= 4 is 29.2 Å². The van der Waals surface area contributed by atoms with Crippen LogP contribution in [0.4, 0.5) is 18.9 Å². The number of pyridine rings is 1. The van der Waals surface area contributed by atoms with Crippen LogP contribution in [-0.2, 0) is 11.0 Å². The molecular weight excluding hydrogens is 405 g/mol. The number of allylic oxidation sites excluding steroid dienone is 3. The zero-order valence-electron chi connectivity index (χ0n) is 17.2. The van der Waals surface area contributed by atoms with Crippen LogP contribution >= 0.6 is 0 Å². The van der Waals surface area contributed by atoms with E-state index in [4.69, 9.17) is 0 Å². The van der Waals surface area contributed by atoms with Crippen molar-refractivity contribution in [2.75, 3.05) is 5.32 Å². The van der Waals surface area contributed by atoms with E-state index in [1.165, 1.54) is 0 Å². The number of rotatable bonds is 6. The van der Waals surface area contributed by atoms with Gasteiger partial charge in [-0.3, -0.25) is 9.79 Å². The highest BCUT2D eigenvalue weighted by Gasteiger charge is 2.34. The summed E-state index contributed by atoms with van der Waals surface area (Å²) < 4.78 is 39.9. The number of nitrogens with one attached hydrogen (secondary N) is 2. The van der Waals surface area contributed by atoms with Crippen molar-refractivity contribution in [3.8, 4) is 0 Å². The summed E-state index contributed by atoms with van der Waals surface area (Å²) in [5.41, 5.74) is -0.0130. The average Bonchev–Trinajstić information content (AvgIpc) is 2.74. The minimum atomic E-state index is -4.53. The molecule has 1 fully saturated rings. The highest BCUT2D eigenvalue weighted by Crippen LogP contribution is 2.34. The number of aliphatic imine (C=N–C) groups is 1. The summed E-state index contributed by atoms with van der Waals surface area (Å²) in [6, 6.07) is 7.63. The first-order valence-electron chi connectivity index (χ1n) is 10.2. The first-order chi connectivity index (χ1) is 14.8. The number of hydrogen-bond acceptors (Lipinski definition) is 4. The van der Waals surface area contributed by atoms with Crippen LogP contribution in [0.5, 0.6) is 0 Å². The summed E-state index contributed by atoms with van der Waals surface area (Å²) in [6.45, 7) is 5.27. The Morgan fingerprint density at radius 2 is 2.00 bits per heavy atom. The van der Waals surface area contributed by atoms with Gasteiger partial charge >= 0.3 is 6.18 Å². The van der Waals surface area contributed by atoms with E-state index in [2.05, 4.69) is 27.3 Å². The number of benzene rings is 1. The Kier molecular flexibility index (Phi) is 7.09. The molecule has 164 valence electrons. The van der Waals surface area contributed by atoms with E-state index in [-0.39, 0.29) is 29.2 Å². The Bertz CT molecular complexity index is 1010. The molecule has 1 heterocycles. The second kappa shape index (κ2) is 9.76. The van der Waals surface area contributed by atoms with Gasteiger partial charge in [0.1, 0.15) is 11.4 Å². The van der Waals surface area contributed by atoms with Crippen LogP contribution in [0, 0.1) is 0 Å². The Balaban J connectivity index is 1.77. The zero-order chi connectivity index (χ0) is 22.4. The fourth-order valence-corrected chi connectivity index (χ4v) is 3.76. The molecule has 2 aromatic rings. The number of nitrogens with zero attached hydrogens (tertiary/aromatic N) is 2. The van der Waals surface area contributed by atoms with Gasteiger partial charge in [-0.1, -0.05) is 30.4 Å². The molecule has 2 atom stereocenters. The van der Waals surface area contributed by atoms with Gasteiger partial charge < -0.3 is 10.6 Å². The fraction of sp³-hybridized carbons (Fsp3) is 0.348. The number of carbonyl (C=O) groups excluding carboxylic acids is 1. The average molecular weight is 430 g/mol. The first kappa shape index (κ1) is 22.5. The molecule has 1 aromatic carbocycles. The molecule has 1 aromatic heterocycles. The van der Waals surface area contributed by atoms with Crippen LogP contribution in [0.25, 0.3) is 10.9 Å². The largest absolute Gasteiger partial charge is 0.433 e. The Morgan fingerprint density at radius 1 is 1.26 bits per heavy atom. The zero-order valence-corrected chi connectivity index (χ0v) is 17.2. The predicted octanol–water partition coefficient (Wildman–Crippen LogP) is 5.25. The highest BCUT2D eigenvalue weighted by molar-refractivity contribution is 5.94. The maximum absolute atomic E-state index is 13.3. The number of hydrogen-bond donors (Lipinski definition) is 2. The third-order valence-corrected chi connectivity index (χ3v) is 5.23. The minimum absolute atomic E-state index is 0.0782. The lowest BCUT2D eigenvalue weighted by molar-refractivity contribution is -0.140. The van der Waals surface area contributed by atoms with E-state index >= 15 is 0 Å². The molecule has 0 spiro atoms. The van der Waals surface area contributed by atoms with E-state index in [9.17, 15) is 18.0 Å². The molecule has 0 radical (unpaired) electrons. The van der Waals surface area contributed by atoms with Crippen LogP contribution in [-0.4, -0.2) is 29.7 Å². The summed E-state index contributed by atoms with van der Waals surface area (Å²) in [7, 11) is 0. The number of amides is 1. The topological polar surface area (TPSA) is 66.4 Å². The van der Waals surface area contributed by atoms with Crippen molar-refractivity contribution in [3.63, 3.8) is 0 Å². The van der Waals surface area contributed by atoms with Crippen molar-refractivity contribution in [1.82, 2.24) is 10.3 Å². The summed E-state index contributed by atoms with van der Waals surface area (Å²) in [6.07, 6.45) is 3.58. The molecule has 0 bridgehead atoms. The van der Waals surface area contributed by atoms with Crippen molar-refractivity contribution in [2.24, 2.45) is 4.99 Å². The van der Waals surface area contributed by atoms with Crippen LogP contribution in [0.1, 0.15) is 38.3 Å². The van der Waals surface area contributed by atoms with E-state index in [0.29, 0.717) is 17.5 Å². The molecule has 0 aliphatic heterocycles. The lowest BCUT2D eigenvalue weighted by Crippen LogP contribution is -2.42. The Hall–Kier alpha value is -3.16. The number of aromatic nitrogens is 1. The van der Waals surface area contributed by atoms with E-state index < -0.39 is 11.9 Å². The predicted molar refractivity (Wildman–Crippen MR) is 117 cm³/mol. The maximum atomic E-state index is 13.3. The SMILES string of the molecule is C=N/C(=C\C=C/C)C(=O)N[C@@H]1CCC[C@H](Nc2cc(C(F)(F)F)nc3ccccc23)C1. The van der Waals surface area contributed by atoms with Crippen LogP contribution < -0.4 is 10.6 Å². The number of para-hydroxylation sites is 1. The van der Waals surface area contributed by atoms with Gasteiger partial charge in [0.05, 0.1) is 5.52 Å². The summed E-state index contributed by atoms with van der Waals surface area (Å²) in [5.74, 6) is -0.313. The van der Waals surface area contributed by atoms with E-state index in [1.807, 2.05) is 6.92 Å². The Labute approximate surface area is 179 Å². The smallest absolute Gasteiger partial charge is 0.382 e. The monoisotopic (exact) mass is 430 g/mol. The van der Waals surface area contributed by atoms with Crippen LogP contribution in [0.2, 0.25) is 0 Å². The van der Waals surface area contributed by atoms with Gasteiger partial charge in [-0.2, -0.15) is 13.2 Å². The third-order valence-electron chi connectivity index (χ3n) is 5.23. The molecule has 8 heteroatoms. The minimum Gasteiger partial charge on any atom is -0.382 e. The molecule has 0 unspecified atom stereocenters. The van der Waals surface area contributed by atoms with Gasteiger partial charge in [-0.25, -0.2) is 4.98 Å². The second-order valence-electron chi connectivity index (χ2n) is 7.48. The molecule has 0 saturated heterocycles. The highest BCUT2D eigenvalue weighted by atomic mass is 19.4. The number of alkyl halides is 3. The van der Waals surface area contributed by atoms with Crippen molar-refractivity contribution in [2.45, 2.75) is 50.9 Å². The van der Waals surface area contributed by atoms with Crippen LogP contribution in [0.15, 0.2) is 59.2 Å². The molecule has 5 nitrogen and oxygen atoms in total. The third kappa shape index (κ3) is 5.71. The lowest BCUT2D eigenvalue weighted by atomic mass is 9.90. The van der Waals surface area contributed by atoms with Crippen molar-refractivity contribution < 1.29 is 18.0 Å². The standard InChI is InChI=1S/C23H25F3N4O/c1-3-4-11-19(27-2)22(31)29-16-9-7-8-15(13-16)28-20-14-21(23(24,25)26)30-18-12-6-5-10-17(18)20/h3-6,10-12,14-16H,2,7-9,13H2,1H3,(H,28,30)(H,29,31)/b4-3-,19-11-/t15-,16+/m0/s1. The lowest BCUT2D eigenvalue weighted by Gasteiger charge is -2.31. The fourth-order valence-electron chi connectivity index (χ4n) is 3.76. The molecule has 1 aliphatic carbocycles. The molecule has 31 heavy (non-hydrogen) atoms. The Morgan fingerprint density at radius 3 is 2.71 bits per heavy atom. The number of anilines is 1.